The summed E-state index contributed by atoms with van der Waals surface area (Å²) >= 11 is 3.19. The molecule has 0 fully saturated rings. The molecule has 1 unspecified atom stereocenters. The van der Waals surface area contributed by atoms with Crippen LogP contribution in [0.1, 0.15) is 6.92 Å². The molecule has 0 bridgehead atoms. The van der Waals surface area contributed by atoms with Gasteiger partial charge in [-0.15, -0.1) is 6.42 Å². The minimum absolute atomic E-state index is 0.328. The van der Waals surface area contributed by atoms with Crippen molar-refractivity contribution in [2.24, 2.45) is 0 Å². The Bertz CT molecular complexity index is 348. The lowest BCUT2D eigenvalue weighted by Crippen LogP contribution is -2.10. The lowest BCUT2D eigenvalue weighted by atomic mass is 10.4. The summed E-state index contributed by atoms with van der Waals surface area (Å²) in [4.78, 5) is 7.63. The van der Waals surface area contributed by atoms with E-state index < -0.39 is 0 Å². The first kappa shape index (κ1) is 9.81. The molecule has 0 aliphatic rings. The monoisotopic (exact) mass is 241 g/mol. The molecule has 4 nitrogen and oxygen atoms in total. The van der Waals surface area contributed by atoms with Gasteiger partial charge in [-0.1, -0.05) is 5.92 Å². The third-order valence-corrected chi connectivity index (χ3v) is 2.05. The van der Waals surface area contributed by atoms with Crippen molar-refractivity contribution in [3.05, 3.63) is 10.8 Å². The number of rotatable bonds is 2. The van der Waals surface area contributed by atoms with E-state index in [1.54, 1.807) is 6.92 Å². The van der Waals surface area contributed by atoms with Crippen LogP contribution in [0.2, 0.25) is 0 Å². The van der Waals surface area contributed by atoms with Gasteiger partial charge in [0.2, 0.25) is 5.88 Å². The van der Waals surface area contributed by atoms with Crippen LogP contribution in [0.25, 0.3) is 0 Å². The van der Waals surface area contributed by atoms with Gasteiger partial charge in [0.25, 0.3) is 0 Å². The Morgan fingerprint density at radius 1 is 1.69 bits per heavy atom. The van der Waals surface area contributed by atoms with E-state index in [1.807, 2.05) is 0 Å². The quantitative estimate of drug-likeness (QED) is 0.792. The van der Waals surface area contributed by atoms with E-state index in [-0.39, 0.29) is 6.10 Å². The van der Waals surface area contributed by atoms with Crippen molar-refractivity contribution in [3.63, 3.8) is 0 Å². The van der Waals surface area contributed by atoms with E-state index in [0.29, 0.717) is 16.2 Å². The molecule has 1 aromatic heterocycles. The number of ether oxygens (including phenoxy) is 1. The summed E-state index contributed by atoms with van der Waals surface area (Å²) in [5, 5.41) is 0. The second-order valence-electron chi connectivity index (χ2n) is 2.30. The summed E-state index contributed by atoms with van der Waals surface area (Å²) in [6.45, 7) is 1.74. The van der Waals surface area contributed by atoms with Crippen LogP contribution >= 0.6 is 15.9 Å². The van der Waals surface area contributed by atoms with Crippen LogP contribution in [0, 0.1) is 12.3 Å². The van der Waals surface area contributed by atoms with Gasteiger partial charge in [-0.2, -0.15) is 0 Å². The number of terminal acetylenes is 1. The van der Waals surface area contributed by atoms with Gasteiger partial charge in [0.05, 0.1) is 0 Å². The molecule has 0 aliphatic heterocycles. The van der Waals surface area contributed by atoms with Crippen molar-refractivity contribution >= 4 is 21.7 Å². The van der Waals surface area contributed by atoms with Gasteiger partial charge in [-0.3, -0.25) is 0 Å². The molecule has 0 aromatic carbocycles. The van der Waals surface area contributed by atoms with E-state index in [1.165, 1.54) is 6.33 Å². The molecule has 1 heterocycles. The van der Waals surface area contributed by atoms with Gasteiger partial charge in [-0.05, 0) is 22.9 Å². The van der Waals surface area contributed by atoms with Crippen LogP contribution in [-0.4, -0.2) is 16.1 Å². The SMILES string of the molecule is C#CC(C)Oc1ncnc(N)c1Br. The minimum Gasteiger partial charge on any atom is -0.461 e. The van der Waals surface area contributed by atoms with Gasteiger partial charge >= 0.3 is 0 Å². The van der Waals surface area contributed by atoms with Gasteiger partial charge < -0.3 is 10.5 Å². The molecule has 2 N–H and O–H groups in total. The van der Waals surface area contributed by atoms with E-state index in [4.69, 9.17) is 16.9 Å². The molecule has 1 rings (SSSR count). The number of nitrogen functional groups attached to an aromatic ring is 1. The highest BCUT2D eigenvalue weighted by molar-refractivity contribution is 9.10. The van der Waals surface area contributed by atoms with Crippen molar-refractivity contribution in [1.82, 2.24) is 9.97 Å². The fraction of sp³-hybridized carbons (Fsp3) is 0.250. The molecule has 0 radical (unpaired) electrons. The van der Waals surface area contributed by atoms with Crippen molar-refractivity contribution in [1.29, 1.82) is 0 Å². The highest BCUT2D eigenvalue weighted by Crippen LogP contribution is 2.26. The number of hydrogen-bond acceptors (Lipinski definition) is 4. The predicted molar refractivity (Wildman–Crippen MR) is 53.1 cm³/mol. The zero-order valence-electron chi connectivity index (χ0n) is 6.99. The van der Waals surface area contributed by atoms with Crippen LogP contribution in [0.3, 0.4) is 0 Å². The highest BCUT2D eigenvalue weighted by Gasteiger charge is 2.08. The highest BCUT2D eigenvalue weighted by atomic mass is 79.9. The van der Waals surface area contributed by atoms with E-state index in [2.05, 4.69) is 31.8 Å². The molecule has 5 heteroatoms. The molecule has 1 aromatic rings. The first-order valence-electron chi connectivity index (χ1n) is 3.54. The van der Waals surface area contributed by atoms with Gasteiger partial charge in [0.1, 0.15) is 16.6 Å². The van der Waals surface area contributed by atoms with E-state index >= 15 is 0 Å². The van der Waals surface area contributed by atoms with Crippen LogP contribution < -0.4 is 10.5 Å². The maximum absolute atomic E-state index is 5.51. The van der Waals surface area contributed by atoms with Crippen molar-refractivity contribution in [2.75, 3.05) is 5.73 Å². The number of nitrogens with zero attached hydrogens (tertiary/aromatic N) is 2. The van der Waals surface area contributed by atoms with E-state index in [9.17, 15) is 0 Å². The minimum atomic E-state index is -0.342. The average Bonchev–Trinajstić information content (AvgIpc) is 2.13. The van der Waals surface area contributed by atoms with Crippen molar-refractivity contribution < 1.29 is 4.74 Å². The largest absolute Gasteiger partial charge is 0.461 e. The molecule has 0 saturated carbocycles. The number of hydrogen-bond donors (Lipinski definition) is 1. The Morgan fingerprint density at radius 3 is 3.00 bits per heavy atom. The van der Waals surface area contributed by atoms with Gasteiger partial charge in [-0.25, -0.2) is 9.97 Å². The average molecular weight is 242 g/mol. The van der Waals surface area contributed by atoms with Gasteiger partial charge in [0.15, 0.2) is 6.10 Å². The molecule has 0 spiro atoms. The molecule has 1 atom stereocenters. The molecule has 0 saturated heterocycles. The van der Waals surface area contributed by atoms with E-state index in [0.717, 1.165) is 0 Å². The van der Waals surface area contributed by atoms with Crippen LogP contribution in [0.4, 0.5) is 5.82 Å². The molecule has 0 aliphatic carbocycles. The topological polar surface area (TPSA) is 61.0 Å². The Labute approximate surface area is 84.7 Å². The summed E-state index contributed by atoms with van der Waals surface area (Å²) in [5.41, 5.74) is 5.51. The lowest BCUT2D eigenvalue weighted by Gasteiger charge is -2.09. The standard InChI is InChI=1S/C8H8BrN3O/c1-3-5(2)13-8-6(9)7(10)11-4-12-8/h1,4-5H,2H3,(H2,10,11,12). The Morgan fingerprint density at radius 2 is 2.38 bits per heavy atom. The Balaban J connectivity index is 2.90. The van der Waals surface area contributed by atoms with Crippen molar-refractivity contribution in [2.45, 2.75) is 13.0 Å². The normalized spacial score (nSPS) is 11.8. The molecule has 0 amide bonds. The second-order valence-corrected chi connectivity index (χ2v) is 3.10. The van der Waals surface area contributed by atoms with Gasteiger partial charge in [0, 0.05) is 0 Å². The molecular weight excluding hydrogens is 234 g/mol. The third-order valence-electron chi connectivity index (χ3n) is 1.31. The third kappa shape index (κ3) is 2.33. The summed E-state index contributed by atoms with van der Waals surface area (Å²) in [5.74, 6) is 3.10. The Kier molecular flexibility index (Phi) is 3.09. The Hall–Kier alpha value is -1.28. The molecular formula is C8H8BrN3O. The lowest BCUT2D eigenvalue weighted by molar-refractivity contribution is 0.265. The van der Waals surface area contributed by atoms with Crippen LogP contribution in [0.15, 0.2) is 10.8 Å². The fourth-order valence-corrected chi connectivity index (χ4v) is 0.948. The summed E-state index contributed by atoms with van der Waals surface area (Å²) < 4.78 is 5.79. The number of aromatic nitrogens is 2. The van der Waals surface area contributed by atoms with Crippen molar-refractivity contribution in [3.8, 4) is 18.2 Å². The smallest absolute Gasteiger partial charge is 0.234 e. The summed E-state index contributed by atoms with van der Waals surface area (Å²) in [7, 11) is 0. The first-order chi connectivity index (χ1) is 6.15. The number of nitrogens with two attached hydrogens (primary N) is 1. The zero-order valence-corrected chi connectivity index (χ0v) is 8.58. The predicted octanol–water partition coefficient (Wildman–Crippen LogP) is 1.22. The van der Waals surface area contributed by atoms with Crippen LogP contribution in [0.5, 0.6) is 5.88 Å². The zero-order chi connectivity index (χ0) is 9.84. The summed E-state index contributed by atoms with van der Waals surface area (Å²) in [6.07, 6.45) is 6.12. The molecule has 68 valence electrons. The second kappa shape index (κ2) is 4.10. The molecule has 13 heavy (non-hydrogen) atoms. The number of anilines is 1. The first-order valence-corrected chi connectivity index (χ1v) is 4.33. The summed E-state index contributed by atoms with van der Waals surface area (Å²) in [6, 6.07) is 0. The maximum Gasteiger partial charge on any atom is 0.234 e. The van der Waals surface area contributed by atoms with Crippen LogP contribution in [-0.2, 0) is 0 Å². The fourth-order valence-electron chi connectivity index (χ4n) is 0.650. The number of halogens is 1. The maximum atomic E-state index is 5.51.